The number of aliphatic hydroxyl groups excluding tert-OH is 1. The molecule has 4 aromatic carbocycles. The average Bonchev–Trinajstić information content (AvgIpc) is 3.71. The number of hydrogen-bond acceptors (Lipinski definition) is 5. The van der Waals surface area contributed by atoms with Gasteiger partial charge in [0.05, 0.1) is 54.0 Å². The predicted octanol–water partition coefficient (Wildman–Crippen LogP) is 6.63. The quantitative estimate of drug-likeness (QED) is 0.144. The van der Waals surface area contributed by atoms with Gasteiger partial charge >= 0.3 is 0 Å². The van der Waals surface area contributed by atoms with Gasteiger partial charge in [-0.2, -0.15) is 0 Å². The maximum atomic E-state index is 16.5. The summed E-state index contributed by atoms with van der Waals surface area (Å²) in [6.07, 6.45) is -0.459. The molecule has 12 heteroatoms. The van der Waals surface area contributed by atoms with Crippen molar-refractivity contribution in [3.8, 4) is 5.69 Å². The molecular weight excluding hydrogens is 699 g/mol. The summed E-state index contributed by atoms with van der Waals surface area (Å²) in [7, 11) is -3.54. The summed E-state index contributed by atoms with van der Waals surface area (Å²) in [5.41, 5.74) is 3.12. The fourth-order valence-corrected chi connectivity index (χ4v) is 11.5. The summed E-state index contributed by atoms with van der Waals surface area (Å²) in [4.78, 5) is 45.3. The number of ether oxygens (including phenoxy) is 1. The third-order valence-electron chi connectivity index (χ3n) is 11.3. The van der Waals surface area contributed by atoms with E-state index in [1.165, 1.54) is 4.68 Å². The van der Waals surface area contributed by atoms with Crippen LogP contribution in [-0.2, 0) is 39.4 Å². The van der Waals surface area contributed by atoms with Gasteiger partial charge in [0.2, 0.25) is 14.3 Å². The number of carbonyl (C=O) groups is 2. The molecule has 0 aliphatic carbocycles. The molecule has 5 atom stereocenters. The number of hydrogen-bond donors (Lipinski definition) is 2. The number of carbonyl (C=O) groups excluding carboxylic acids is 2. The lowest BCUT2D eigenvalue weighted by molar-refractivity contribution is -0.151. The Balaban J connectivity index is 1.10. The summed E-state index contributed by atoms with van der Waals surface area (Å²) in [6, 6.07) is 27.4. The second-order valence-electron chi connectivity index (χ2n) is 14.8. The first-order chi connectivity index (χ1) is 24.9. The van der Waals surface area contributed by atoms with Crippen LogP contribution in [0.1, 0.15) is 35.6 Å². The topological polar surface area (TPSA) is 108 Å². The molecule has 0 radical (unpaired) electrons. The highest BCUT2D eigenvalue weighted by Crippen LogP contribution is 2.60. The molecule has 0 saturated carbocycles. The van der Waals surface area contributed by atoms with Crippen molar-refractivity contribution in [1.82, 2.24) is 14.7 Å². The van der Waals surface area contributed by atoms with E-state index in [2.05, 4.69) is 5.10 Å². The van der Waals surface area contributed by atoms with E-state index < -0.39 is 37.6 Å². The SMILES string of the molecule is C[C@@H]1[C@@H]([Si](C)(C)F)[C@H](CC(=O)N2Cc3ccccc3C[C@H]2CO)O[C@@]12C(=O)N(Cc1ccc(-n3[nH]c4ccccc4c3=O)cc1)c1ccc(Cl)cc12. The second kappa shape index (κ2) is 12.8. The van der Waals surface area contributed by atoms with Crippen molar-refractivity contribution in [3.05, 3.63) is 129 Å². The number of aliphatic hydroxyl groups is 1. The number of H-pyrrole nitrogens is 1. The van der Waals surface area contributed by atoms with Gasteiger partial charge in [-0.25, -0.2) is 4.68 Å². The average molecular weight is 739 g/mol. The van der Waals surface area contributed by atoms with Crippen LogP contribution in [0, 0.1) is 5.92 Å². The summed E-state index contributed by atoms with van der Waals surface area (Å²) in [5.74, 6) is -1.17. The molecule has 5 aromatic rings. The highest BCUT2D eigenvalue weighted by atomic mass is 35.5. The summed E-state index contributed by atoms with van der Waals surface area (Å²) >= 11 is 6.56. The lowest BCUT2D eigenvalue weighted by Crippen LogP contribution is -2.48. The number of nitrogens with zero attached hydrogens (tertiary/aromatic N) is 3. The van der Waals surface area contributed by atoms with Gasteiger partial charge in [-0.15, -0.1) is 0 Å². The molecule has 0 bridgehead atoms. The molecule has 52 heavy (non-hydrogen) atoms. The Kier molecular flexibility index (Phi) is 8.52. The molecule has 268 valence electrons. The van der Waals surface area contributed by atoms with E-state index in [-0.39, 0.29) is 36.9 Å². The van der Waals surface area contributed by atoms with Gasteiger partial charge in [-0.3, -0.25) is 19.5 Å². The number of aromatic amines is 1. The Morgan fingerprint density at radius 2 is 1.73 bits per heavy atom. The zero-order chi connectivity index (χ0) is 36.5. The Labute approximate surface area is 306 Å². The van der Waals surface area contributed by atoms with E-state index in [9.17, 15) is 19.5 Å². The van der Waals surface area contributed by atoms with Crippen LogP contribution in [0.25, 0.3) is 16.6 Å². The van der Waals surface area contributed by atoms with Crippen molar-refractivity contribution in [3.63, 3.8) is 0 Å². The van der Waals surface area contributed by atoms with Crippen LogP contribution in [0.4, 0.5) is 9.80 Å². The predicted molar refractivity (Wildman–Crippen MR) is 201 cm³/mol. The molecule has 3 aliphatic heterocycles. The van der Waals surface area contributed by atoms with Gasteiger partial charge in [-0.1, -0.05) is 67.1 Å². The Morgan fingerprint density at radius 1 is 1.02 bits per heavy atom. The van der Waals surface area contributed by atoms with E-state index in [1.807, 2.05) is 73.7 Å². The van der Waals surface area contributed by atoms with Gasteiger partial charge in [0, 0.05) is 28.6 Å². The molecule has 1 spiro atoms. The molecule has 2 amide bonds. The van der Waals surface area contributed by atoms with Gasteiger partial charge in [0.25, 0.3) is 11.5 Å². The number of para-hydroxylation sites is 1. The number of benzene rings is 4. The molecule has 1 aromatic heterocycles. The van der Waals surface area contributed by atoms with E-state index >= 15 is 4.11 Å². The van der Waals surface area contributed by atoms with Crippen LogP contribution in [0.5, 0.6) is 0 Å². The highest BCUT2D eigenvalue weighted by molar-refractivity contribution is 6.72. The highest BCUT2D eigenvalue weighted by Gasteiger charge is 2.67. The third kappa shape index (κ3) is 5.53. The molecule has 1 saturated heterocycles. The first-order valence-electron chi connectivity index (χ1n) is 17.7. The maximum absolute atomic E-state index is 16.5. The second-order valence-corrected chi connectivity index (χ2v) is 19.1. The number of nitrogens with one attached hydrogen (secondary N) is 1. The molecule has 1 fully saturated rings. The molecule has 3 aliphatic rings. The fourth-order valence-electron chi connectivity index (χ4n) is 8.88. The minimum absolute atomic E-state index is 0.118. The Morgan fingerprint density at radius 3 is 2.44 bits per heavy atom. The van der Waals surface area contributed by atoms with Crippen molar-refractivity contribution < 1.29 is 23.5 Å². The molecule has 8 rings (SSSR count). The maximum Gasteiger partial charge on any atom is 0.279 e. The lowest BCUT2D eigenvalue weighted by atomic mass is 9.82. The molecule has 9 nitrogen and oxygen atoms in total. The number of fused-ring (bicyclic) bond motifs is 4. The van der Waals surface area contributed by atoms with E-state index in [4.69, 9.17) is 16.3 Å². The lowest BCUT2D eigenvalue weighted by Gasteiger charge is -2.37. The van der Waals surface area contributed by atoms with Crippen molar-refractivity contribution >= 4 is 48.4 Å². The van der Waals surface area contributed by atoms with Crippen molar-refractivity contribution in [2.24, 2.45) is 5.92 Å². The summed E-state index contributed by atoms with van der Waals surface area (Å²) in [5, 5.41) is 14.4. The van der Waals surface area contributed by atoms with E-state index in [0.29, 0.717) is 40.3 Å². The van der Waals surface area contributed by atoms with Crippen LogP contribution in [-0.4, -0.2) is 58.8 Å². The minimum atomic E-state index is -3.54. The minimum Gasteiger partial charge on any atom is -0.394 e. The normalized spacial score (nSPS) is 24.2. The molecule has 0 unspecified atom stereocenters. The van der Waals surface area contributed by atoms with Crippen LogP contribution in [0.2, 0.25) is 23.7 Å². The van der Waals surface area contributed by atoms with E-state index in [1.54, 1.807) is 47.2 Å². The van der Waals surface area contributed by atoms with Crippen LogP contribution in [0.3, 0.4) is 0 Å². The van der Waals surface area contributed by atoms with Crippen LogP contribution in [0.15, 0.2) is 95.8 Å². The summed E-state index contributed by atoms with van der Waals surface area (Å²) in [6.45, 7) is 5.42. The molecule has 4 heterocycles. The van der Waals surface area contributed by atoms with E-state index in [0.717, 1.165) is 22.2 Å². The zero-order valence-electron chi connectivity index (χ0n) is 29.2. The Bertz CT molecular complexity index is 2270. The number of aromatic nitrogens is 2. The van der Waals surface area contributed by atoms with Crippen LogP contribution >= 0.6 is 11.6 Å². The number of rotatable bonds is 7. The van der Waals surface area contributed by atoms with Crippen LogP contribution < -0.4 is 10.5 Å². The smallest absolute Gasteiger partial charge is 0.279 e. The van der Waals surface area contributed by atoms with Gasteiger partial charge in [-0.05, 0) is 78.7 Å². The van der Waals surface area contributed by atoms with Crippen molar-refractivity contribution in [1.29, 1.82) is 0 Å². The molecular formula is C40H40ClFN4O5Si. The zero-order valence-corrected chi connectivity index (χ0v) is 30.9. The Hall–Kier alpha value is -4.55. The first kappa shape index (κ1) is 34.5. The van der Waals surface area contributed by atoms with Crippen molar-refractivity contribution in [2.75, 3.05) is 11.5 Å². The van der Waals surface area contributed by atoms with Crippen molar-refractivity contribution in [2.45, 2.75) is 69.2 Å². The standard InChI is InChI=1S/C40H40ClFN4O5Si/c1-24-37(52(2,3)42)35(20-36(48)44-22-27-9-5-4-8-26(27)18-30(44)23-47)51-40(24)32-19-28(41)14-17-34(32)45(39(40)50)21-25-12-15-29(16-13-25)46-38(49)31-10-6-7-11-33(31)43-46/h4-17,19,24,30,35,37,43,47H,18,20-23H2,1-3H3/t24-,30+,35+,37-,40+/m1/s1. The van der Waals surface area contributed by atoms with Gasteiger partial charge < -0.3 is 23.8 Å². The molecule has 2 N–H and O–H groups in total. The number of amides is 2. The first-order valence-corrected chi connectivity index (χ1v) is 21.0. The number of halogens is 2. The largest absolute Gasteiger partial charge is 0.394 e. The van der Waals surface area contributed by atoms with Gasteiger partial charge in [0.15, 0.2) is 5.60 Å². The summed E-state index contributed by atoms with van der Waals surface area (Å²) < 4.78 is 24.8. The third-order valence-corrected chi connectivity index (χ3v) is 14.0. The monoisotopic (exact) mass is 738 g/mol. The van der Waals surface area contributed by atoms with Gasteiger partial charge in [0.1, 0.15) is 0 Å². The number of anilines is 1. The fraction of sp³-hybridized carbons (Fsp3) is 0.325.